The molecule has 1 aliphatic carbocycles. The van der Waals surface area contributed by atoms with Crippen LogP contribution in [-0.4, -0.2) is 43.0 Å². The van der Waals surface area contributed by atoms with Crippen LogP contribution in [-0.2, 0) is 11.3 Å². The van der Waals surface area contributed by atoms with Crippen LogP contribution < -0.4 is 10.6 Å². The maximum absolute atomic E-state index is 13.4. The third-order valence-electron chi connectivity index (χ3n) is 6.80. The Morgan fingerprint density at radius 2 is 2.00 bits per heavy atom. The Balaban J connectivity index is 1.29. The van der Waals surface area contributed by atoms with Gasteiger partial charge >= 0.3 is 0 Å². The van der Waals surface area contributed by atoms with E-state index >= 15 is 0 Å². The summed E-state index contributed by atoms with van der Waals surface area (Å²) < 4.78 is 26.4. The highest BCUT2D eigenvalue weighted by atomic mass is 19.2. The maximum Gasteiger partial charge on any atom is 0.228 e. The fourth-order valence-corrected chi connectivity index (χ4v) is 5.15. The predicted octanol–water partition coefficient (Wildman–Crippen LogP) is 2.83. The van der Waals surface area contributed by atoms with Gasteiger partial charge in [0.05, 0.1) is 5.41 Å². The van der Waals surface area contributed by atoms with Crippen LogP contribution in [0.1, 0.15) is 44.1 Å². The van der Waals surface area contributed by atoms with Crippen LogP contribution in [0, 0.1) is 23.0 Å². The number of hydrogen-bond acceptors (Lipinski definition) is 3. The Hall–Kier alpha value is -1.53. The molecule has 3 aliphatic rings. The summed E-state index contributed by atoms with van der Waals surface area (Å²) in [5.41, 5.74) is 0.596. The van der Waals surface area contributed by atoms with Crippen molar-refractivity contribution in [3.05, 3.63) is 35.4 Å². The van der Waals surface area contributed by atoms with Crippen LogP contribution in [0.4, 0.5) is 8.78 Å². The number of carbonyl (C=O) groups excluding carboxylic acids is 1. The summed E-state index contributed by atoms with van der Waals surface area (Å²) in [6.45, 7) is 4.13. The van der Waals surface area contributed by atoms with Crippen molar-refractivity contribution >= 4 is 5.91 Å². The van der Waals surface area contributed by atoms with Gasteiger partial charge in [-0.1, -0.05) is 18.9 Å². The van der Waals surface area contributed by atoms with Crippen molar-refractivity contribution in [1.82, 2.24) is 15.5 Å². The number of hydrogen-bond donors (Lipinski definition) is 2. The molecule has 2 aliphatic heterocycles. The molecular formula is C21H29F2N3O. The highest BCUT2D eigenvalue weighted by molar-refractivity contribution is 5.84. The van der Waals surface area contributed by atoms with Crippen LogP contribution in [0.3, 0.4) is 0 Å². The molecule has 0 spiro atoms. The van der Waals surface area contributed by atoms with Gasteiger partial charge < -0.3 is 10.6 Å². The zero-order chi connectivity index (χ0) is 18.9. The Bertz CT molecular complexity index is 690. The number of likely N-dealkylation sites (tertiary alicyclic amines) is 1. The normalized spacial score (nSPS) is 29.5. The van der Waals surface area contributed by atoms with E-state index in [4.69, 9.17) is 0 Å². The van der Waals surface area contributed by atoms with E-state index < -0.39 is 11.6 Å². The van der Waals surface area contributed by atoms with Gasteiger partial charge in [-0.3, -0.25) is 9.69 Å². The van der Waals surface area contributed by atoms with Gasteiger partial charge in [-0.2, -0.15) is 0 Å². The van der Waals surface area contributed by atoms with Crippen molar-refractivity contribution < 1.29 is 13.6 Å². The van der Waals surface area contributed by atoms with Gasteiger partial charge in [-0.05, 0) is 55.8 Å². The molecular weight excluding hydrogens is 348 g/mol. The molecule has 2 saturated heterocycles. The molecule has 27 heavy (non-hydrogen) atoms. The molecule has 0 unspecified atom stereocenters. The minimum absolute atomic E-state index is 0.193. The molecule has 2 heterocycles. The second kappa shape index (κ2) is 7.84. The first-order valence-corrected chi connectivity index (χ1v) is 10.2. The summed E-state index contributed by atoms with van der Waals surface area (Å²) in [4.78, 5) is 15.3. The van der Waals surface area contributed by atoms with Crippen molar-refractivity contribution in [2.75, 3.05) is 26.2 Å². The van der Waals surface area contributed by atoms with Crippen molar-refractivity contribution in [2.45, 2.75) is 51.1 Å². The van der Waals surface area contributed by atoms with E-state index in [0.717, 1.165) is 63.8 Å². The lowest BCUT2D eigenvalue weighted by atomic mass is 9.67. The molecule has 1 saturated carbocycles. The summed E-state index contributed by atoms with van der Waals surface area (Å²) in [5, 5.41) is 6.78. The number of rotatable bonds is 4. The molecule has 4 nitrogen and oxygen atoms in total. The number of carbonyl (C=O) groups is 1. The highest BCUT2D eigenvalue weighted by Gasteiger charge is 2.50. The largest absolute Gasteiger partial charge is 0.353 e. The van der Waals surface area contributed by atoms with Gasteiger partial charge in [-0.15, -0.1) is 0 Å². The monoisotopic (exact) mass is 377 g/mol. The number of nitrogens with zero attached hydrogens (tertiary/aromatic N) is 1. The molecule has 1 aromatic carbocycles. The molecule has 6 heteroatoms. The second-order valence-corrected chi connectivity index (χ2v) is 8.50. The molecule has 0 aromatic heterocycles. The molecule has 0 bridgehead atoms. The number of halogens is 2. The Morgan fingerprint density at radius 3 is 2.78 bits per heavy atom. The molecule has 1 amide bonds. The Morgan fingerprint density at radius 1 is 1.19 bits per heavy atom. The smallest absolute Gasteiger partial charge is 0.228 e. The molecule has 0 radical (unpaired) electrons. The lowest BCUT2D eigenvalue weighted by Gasteiger charge is -2.39. The van der Waals surface area contributed by atoms with E-state index in [2.05, 4.69) is 15.5 Å². The number of piperidine rings is 1. The summed E-state index contributed by atoms with van der Waals surface area (Å²) in [6, 6.07) is 4.32. The van der Waals surface area contributed by atoms with Crippen LogP contribution in [0.25, 0.3) is 0 Å². The highest BCUT2D eigenvalue weighted by Crippen LogP contribution is 2.44. The van der Waals surface area contributed by atoms with Crippen LogP contribution in [0.5, 0.6) is 0 Å². The van der Waals surface area contributed by atoms with Crippen LogP contribution in [0.15, 0.2) is 18.2 Å². The van der Waals surface area contributed by atoms with Gasteiger partial charge in [-0.25, -0.2) is 8.78 Å². The summed E-state index contributed by atoms with van der Waals surface area (Å²) >= 11 is 0. The van der Waals surface area contributed by atoms with E-state index in [0.29, 0.717) is 12.5 Å². The zero-order valence-electron chi connectivity index (χ0n) is 15.8. The van der Waals surface area contributed by atoms with Crippen molar-refractivity contribution in [1.29, 1.82) is 0 Å². The topological polar surface area (TPSA) is 44.4 Å². The standard InChI is InChI=1S/C21H29F2N3O/c22-18-5-4-15(11-19(18)23)13-26-9-6-17(7-10-26)25-20(27)21-8-2-1-3-16(21)12-24-14-21/h4-5,11,16-17,24H,1-3,6-10,12-14H2,(H,25,27)/t16-,21+/m0/s1. The number of benzene rings is 1. The van der Waals surface area contributed by atoms with E-state index in [-0.39, 0.29) is 17.4 Å². The Labute approximate surface area is 159 Å². The molecule has 3 fully saturated rings. The van der Waals surface area contributed by atoms with Crippen LogP contribution in [0.2, 0.25) is 0 Å². The average Bonchev–Trinajstić information content (AvgIpc) is 3.12. The minimum Gasteiger partial charge on any atom is -0.353 e. The zero-order valence-corrected chi connectivity index (χ0v) is 15.8. The second-order valence-electron chi connectivity index (χ2n) is 8.50. The first kappa shape index (κ1) is 18.8. The molecule has 1 aromatic rings. The predicted molar refractivity (Wildman–Crippen MR) is 100 cm³/mol. The summed E-state index contributed by atoms with van der Waals surface area (Å²) in [5.74, 6) is -0.862. The van der Waals surface area contributed by atoms with Gasteiger partial charge in [0, 0.05) is 32.2 Å². The maximum atomic E-state index is 13.4. The van der Waals surface area contributed by atoms with Gasteiger partial charge in [0.1, 0.15) is 0 Å². The molecule has 4 rings (SSSR count). The summed E-state index contributed by atoms with van der Waals surface area (Å²) in [6.07, 6.45) is 6.37. The minimum atomic E-state index is -0.804. The van der Waals surface area contributed by atoms with E-state index in [1.165, 1.54) is 18.6 Å². The third-order valence-corrected chi connectivity index (χ3v) is 6.80. The molecule has 148 valence electrons. The van der Waals surface area contributed by atoms with Crippen molar-refractivity contribution in [3.63, 3.8) is 0 Å². The average molecular weight is 377 g/mol. The first-order chi connectivity index (χ1) is 13.1. The lowest BCUT2D eigenvalue weighted by Crippen LogP contribution is -2.53. The number of fused-ring (bicyclic) bond motifs is 1. The first-order valence-electron chi connectivity index (χ1n) is 10.2. The van der Waals surface area contributed by atoms with Crippen molar-refractivity contribution in [3.8, 4) is 0 Å². The van der Waals surface area contributed by atoms with Crippen LogP contribution >= 0.6 is 0 Å². The van der Waals surface area contributed by atoms with E-state index in [1.54, 1.807) is 6.07 Å². The van der Waals surface area contributed by atoms with E-state index in [9.17, 15) is 13.6 Å². The van der Waals surface area contributed by atoms with E-state index in [1.807, 2.05) is 0 Å². The fourth-order valence-electron chi connectivity index (χ4n) is 5.15. The van der Waals surface area contributed by atoms with Gasteiger partial charge in [0.25, 0.3) is 0 Å². The quantitative estimate of drug-likeness (QED) is 0.848. The van der Waals surface area contributed by atoms with Gasteiger partial charge in [0.2, 0.25) is 5.91 Å². The third kappa shape index (κ3) is 3.87. The SMILES string of the molecule is O=C(NC1CCN(Cc2ccc(F)c(F)c2)CC1)[C@@]12CCCC[C@H]1CNC2. The Kier molecular flexibility index (Phi) is 5.46. The fraction of sp³-hybridized carbons (Fsp3) is 0.667. The molecule has 2 N–H and O–H groups in total. The van der Waals surface area contributed by atoms with Crippen molar-refractivity contribution in [2.24, 2.45) is 11.3 Å². The number of amides is 1. The molecule has 2 atom stereocenters. The number of nitrogens with one attached hydrogen (secondary N) is 2. The van der Waals surface area contributed by atoms with Gasteiger partial charge in [0.15, 0.2) is 11.6 Å². The summed E-state index contributed by atoms with van der Waals surface area (Å²) in [7, 11) is 0. The lowest BCUT2D eigenvalue weighted by molar-refractivity contribution is -0.135.